The Labute approximate surface area is 258 Å². The third-order valence-electron chi connectivity index (χ3n) is 8.37. The maximum atomic E-state index is 13.9. The van der Waals surface area contributed by atoms with Gasteiger partial charge in [0.1, 0.15) is 18.1 Å². The van der Waals surface area contributed by atoms with E-state index >= 15 is 0 Å². The van der Waals surface area contributed by atoms with E-state index in [0.717, 1.165) is 29.9 Å². The average Bonchev–Trinajstić information content (AvgIpc) is 3.51. The van der Waals surface area contributed by atoms with Gasteiger partial charge in [-0.05, 0) is 53.9 Å². The van der Waals surface area contributed by atoms with E-state index in [1.165, 1.54) is 11.3 Å². The van der Waals surface area contributed by atoms with Crippen LogP contribution in [0.1, 0.15) is 34.7 Å². The highest BCUT2D eigenvalue weighted by Gasteiger charge is 2.28. The lowest BCUT2D eigenvalue weighted by molar-refractivity contribution is -0.131. The fraction of sp³-hybridized carbons (Fsp3) is 0.278. The largest absolute Gasteiger partial charge is 0.497 e. The minimum absolute atomic E-state index is 0.104. The van der Waals surface area contributed by atoms with Crippen molar-refractivity contribution < 1.29 is 19.0 Å². The Morgan fingerprint density at radius 2 is 1.57 bits per heavy atom. The van der Waals surface area contributed by atoms with Gasteiger partial charge in [0.2, 0.25) is 5.91 Å². The van der Waals surface area contributed by atoms with E-state index in [-0.39, 0.29) is 18.2 Å². The molecular formula is C36H38N4O4. The van der Waals surface area contributed by atoms with Crippen LogP contribution < -0.4 is 19.1 Å². The maximum Gasteiger partial charge on any atom is 0.223 e. The van der Waals surface area contributed by atoms with Crippen LogP contribution in [0.15, 0.2) is 97.3 Å². The lowest BCUT2D eigenvalue weighted by Crippen LogP contribution is -2.49. The third-order valence-corrected chi connectivity index (χ3v) is 8.37. The fourth-order valence-corrected chi connectivity index (χ4v) is 5.95. The van der Waals surface area contributed by atoms with Gasteiger partial charge in [0, 0.05) is 62.7 Å². The number of carbonyl (C=O) groups is 1. The van der Waals surface area contributed by atoms with Gasteiger partial charge in [0.25, 0.3) is 0 Å². The minimum atomic E-state index is -0.291. The van der Waals surface area contributed by atoms with Gasteiger partial charge in [0.15, 0.2) is 11.4 Å². The topological polar surface area (TPSA) is 68.5 Å². The molecule has 0 saturated carbocycles. The van der Waals surface area contributed by atoms with Crippen LogP contribution in [0.3, 0.4) is 0 Å². The molecule has 1 aliphatic rings. The van der Waals surface area contributed by atoms with E-state index in [9.17, 15) is 4.79 Å². The van der Waals surface area contributed by atoms with Crippen molar-refractivity contribution in [2.45, 2.75) is 25.9 Å². The summed E-state index contributed by atoms with van der Waals surface area (Å²) >= 11 is 0. The number of ether oxygens (including phenoxy) is 3. The van der Waals surface area contributed by atoms with Gasteiger partial charge in [-0.15, -0.1) is 0 Å². The first-order valence-corrected chi connectivity index (χ1v) is 15.0. The number of fused-ring (bicyclic) bond motifs is 1. The van der Waals surface area contributed by atoms with Crippen molar-refractivity contribution in [3.8, 4) is 17.2 Å². The number of nitrogens with zero attached hydrogens (tertiary/aromatic N) is 4. The van der Waals surface area contributed by atoms with E-state index in [0.29, 0.717) is 42.6 Å². The molecule has 0 unspecified atom stereocenters. The van der Waals surface area contributed by atoms with Crippen LogP contribution in [0, 0.1) is 6.92 Å². The molecule has 0 bridgehead atoms. The first-order valence-electron chi connectivity index (χ1n) is 15.0. The summed E-state index contributed by atoms with van der Waals surface area (Å²) in [5.74, 6) is 1.84. The molecule has 2 aromatic heterocycles. The molecule has 3 heterocycles. The molecule has 1 atom stereocenters. The number of para-hydroxylation sites is 1. The van der Waals surface area contributed by atoms with Crippen LogP contribution in [0.25, 0.3) is 5.65 Å². The summed E-state index contributed by atoms with van der Waals surface area (Å²) in [5.41, 5.74) is 6.09. The summed E-state index contributed by atoms with van der Waals surface area (Å²) < 4.78 is 19.4. The van der Waals surface area contributed by atoms with E-state index in [2.05, 4.69) is 36.1 Å². The molecule has 226 valence electrons. The summed E-state index contributed by atoms with van der Waals surface area (Å²) in [7, 11) is 3.27. The molecule has 1 amide bonds. The van der Waals surface area contributed by atoms with Crippen LogP contribution in [-0.4, -0.2) is 60.6 Å². The van der Waals surface area contributed by atoms with E-state index in [1.807, 2.05) is 82.4 Å². The van der Waals surface area contributed by atoms with Crippen molar-refractivity contribution in [1.82, 2.24) is 14.3 Å². The van der Waals surface area contributed by atoms with Gasteiger partial charge in [-0.2, -0.15) is 0 Å². The Hall–Kier alpha value is -4.98. The zero-order valence-electron chi connectivity index (χ0n) is 25.5. The molecule has 3 aromatic carbocycles. The number of methoxy groups -OCH3 is 2. The number of hydrogen-bond acceptors (Lipinski definition) is 6. The minimum Gasteiger partial charge on any atom is -0.497 e. The molecular weight excluding hydrogens is 552 g/mol. The Balaban J connectivity index is 1.28. The maximum absolute atomic E-state index is 13.9. The molecule has 44 heavy (non-hydrogen) atoms. The summed E-state index contributed by atoms with van der Waals surface area (Å²) in [6, 6.07) is 28.2. The van der Waals surface area contributed by atoms with Gasteiger partial charge < -0.3 is 28.4 Å². The predicted molar refractivity (Wildman–Crippen MR) is 172 cm³/mol. The Bertz CT molecular complexity index is 1710. The number of aryl methyl sites for hydroxylation is 1. The van der Waals surface area contributed by atoms with E-state index < -0.39 is 0 Å². The zero-order chi connectivity index (χ0) is 30.5. The number of imidazole rings is 1. The summed E-state index contributed by atoms with van der Waals surface area (Å²) in [6.07, 6.45) is 4.11. The van der Waals surface area contributed by atoms with Crippen molar-refractivity contribution >= 4 is 17.2 Å². The second-order valence-electron chi connectivity index (χ2n) is 11.1. The number of anilines is 1. The zero-order valence-corrected chi connectivity index (χ0v) is 25.5. The molecule has 6 rings (SSSR count). The average molecular weight is 591 g/mol. The third kappa shape index (κ3) is 6.20. The molecule has 1 saturated heterocycles. The SMILES string of the molecule is COc1cc(OC)cc([C@@H](CC(=O)N2CCN(c3ccccc3C)CC2)c2cnc3c(OCc4ccccc4)cccn23)c1. The lowest BCUT2D eigenvalue weighted by Gasteiger charge is -2.37. The van der Waals surface area contributed by atoms with E-state index in [4.69, 9.17) is 19.2 Å². The Kier molecular flexibility index (Phi) is 8.68. The number of carbonyl (C=O) groups excluding carboxylic acids is 1. The second-order valence-corrected chi connectivity index (χ2v) is 11.1. The molecule has 5 aromatic rings. The molecule has 8 nitrogen and oxygen atoms in total. The monoisotopic (exact) mass is 590 g/mol. The van der Waals surface area contributed by atoms with Crippen molar-refractivity contribution in [1.29, 1.82) is 0 Å². The number of benzene rings is 3. The van der Waals surface area contributed by atoms with Gasteiger partial charge in [-0.25, -0.2) is 4.98 Å². The fourth-order valence-electron chi connectivity index (χ4n) is 5.95. The molecule has 1 aliphatic heterocycles. The molecule has 1 fully saturated rings. The van der Waals surface area contributed by atoms with E-state index in [1.54, 1.807) is 14.2 Å². The molecule has 0 radical (unpaired) electrons. The summed E-state index contributed by atoms with van der Waals surface area (Å²) in [6.45, 7) is 5.51. The number of aromatic nitrogens is 2. The predicted octanol–water partition coefficient (Wildman–Crippen LogP) is 6.11. The number of pyridine rings is 1. The number of rotatable bonds is 10. The number of amides is 1. The first kappa shape index (κ1) is 29.1. The van der Waals surface area contributed by atoms with Crippen LogP contribution >= 0.6 is 0 Å². The van der Waals surface area contributed by atoms with Crippen molar-refractivity contribution in [2.24, 2.45) is 0 Å². The summed E-state index contributed by atoms with van der Waals surface area (Å²) in [5, 5.41) is 0. The number of piperazine rings is 1. The molecule has 8 heteroatoms. The van der Waals surface area contributed by atoms with Gasteiger partial charge >= 0.3 is 0 Å². The molecule has 0 N–H and O–H groups in total. The number of hydrogen-bond donors (Lipinski definition) is 0. The molecule has 0 spiro atoms. The highest BCUT2D eigenvalue weighted by atomic mass is 16.5. The quantitative estimate of drug-likeness (QED) is 0.196. The van der Waals surface area contributed by atoms with Crippen molar-refractivity contribution in [3.63, 3.8) is 0 Å². The lowest BCUT2D eigenvalue weighted by atomic mass is 9.91. The Morgan fingerprint density at radius 3 is 2.27 bits per heavy atom. The second kappa shape index (κ2) is 13.1. The first-order chi connectivity index (χ1) is 21.5. The van der Waals surface area contributed by atoms with Crippen LogP contribution in [0.5, 0.6) is 17.2 Å². The standard InChI is InChI=1S/C36H38N4O4/c1-26-10-7-8-13-32(26)38-16-18-39(19-17-38)35(41)23-31(28-20-29(42-2)22-30(21-28)43-3)33-24-37-36-34(14-9-15-40(33)36)44-25-27-11-5-4-6-12-27/h4-15,20-22,24,31H,16-19,23,25H2,1-3H3/t31-/m1/s1. The van der Waals surface area contributed by atoms with Crippen molar-refractivity contribution in [2.75, 3.05) is 45.3 Å². The van der Waals surface area contributed by atoms with Crippen LogP contribution in [-0.2, 0) is 11.4 Å². The summed E-state index contributed by atoms with van der Waals surface area (Å²) in [4.78, 5) is 23.1. The van der Waals surface area contributed by atoms with Gasteiger partial charge in [-0.1, -0.05) is 48.5 Å². The van der Waals surface area contributed by atoms with Gasteiger partial charge in [-0.3, -0.25) is 4.79 Å². The normalized spacial score (nSPS) is 14.0. The van der Waals surface area contributed by atoms with Crippen LogP contribution in [0.4, 0.5) is 5.69 Å². The van der Waals surface area contributed by atoms with Crippen LogP contribution in [0.2, 0.25) is 0 Å². The Morgan fingerprint density at radius 1 is 0.864 bits per heavy atom. The highest BCUT2D eigenvalue weighted by molar-refractivity contribution is 5.78. The molecule has 0 aliphatic carbocycles. The smallest absolute Gasteiger partial charge is 0.223 e. The van der Waals surface area contributed by atoms with Gasteiger partial charge in [0.05, 0.1) is 19.9 Å². The van der Waals surface area contributed by atoms with Crippen molar-refractivity contribution in [3.05, 3.63) is 120 Å². The highest BCUT2D eigenvalue weighted by Crippen LogP contribution is 2.36.